The van der Waals surface area contributed by atoms with Gasteiger partial charge in [-0.25, -0.2) is 9.18 Å². The second-order valence-corrected chi connectivity index (χ2v) is 5.04. The van der Waals surface area contributed by atoms with Gasteiger partial charge in [-0.2, -0.15) is 5.26 Å². The van der Waals surface area contributed by atoms with Gasteiger partial charge in [0.05, 0.1) is 12.8 Å². The number of esters is 1. The van der Waals surface area contributed by atoms with E-state index in [1.807, 2.05) is 11.0 Å². The van der Waals surface area contributed by atoms with Crippen LogP contribution in [0.4, 0.5) is 10.1 Å². The normalized spacial score (nSPS) is 17.1. The number of benzene rings is 1. The molecule has 1 aromatic carbocycles. The summed E-state index contributed by atoms with van der Waals surface area (Å²) in [6.45, 7) is 1.10. The van der Waals surface area contributed by atoms with E-state index < -0.39 is 17.9 Å². The zero-order chi connectivity index (χ0) is 15.4. The van der Waals surface area contributed by atoms with Gasteiger partial charge in [0.2, 0.25) is 0 Å². The number of halogens is 1. The van der Waals surface area contributed by atoms with Gasteiger partial charge < -0.3 is 14.7 Å². The number of carbonyl (C=O) groups excluding carboxylic acids is 1. The Hall–Kier alpha value is -2.13. The molecule has 1 N–H and O–H groups in total. The monoisotopic (exact) mass is 292 g/mol. The molecule has 5 nitrogen and oxygen atoms in total. The van der Waals surface area contributed by atoms with E-state index in [4.69, 9.17) is 5.26 Å². The highest BCUT2D eigenvalue weighted by atomic mass is 19.1. The maximum atomic E-state index is 13.6. The van der Waals surface area contributed by atoms with Crippen LogP contribution in [0, 0.1) is 23.1 Å². The van der Waals surface area contributed by atoms with Crippen LogP contribution in [0.15, 0.2) is 18.2 Å². The van der Waals surface area contributed by atoms with E-state index in [0.717, 1.165) is 0 Å². The molecule has 21 heavy (non-hydrogen) atoms. The molecule has 1 heterocycles. The lowest BCUT2D eigenvalue weighted by Gasteiger charge is -2.35. The Morgan fingerprint density at radius 1 is 1.52 bits per heavy atom. The SMILES string of the molecule is COC(=O)[C@H](O)C1CCN(c2cccc(F)c2C#N)CC1. The number of anilines is 1. The van der Waals surface area contributed by atoms with Crippen molar-refractivity contribution in [1.29, 1.82) is 5.26 Å². The van der Waals surface area contributed by atoms with Crippen molar-refractivity contribution in [2.75, 3.05) is 25.1 Å². The average Bonchev–Trinajstić information content (AvgIpc) is 2.53. The van der Waals surface area contributed by atoms with Crippen LogP contribution in [0.5, 0.6) is 0 Å². The number of ether oxygens (including phenoxy) is 1. The van der Waals surface area contributed by atoms with Crippen LogP contribution in [0.3, 0.4) is 0 Å². The van der Waals surface area contributed by atoms with Gasteiger partial charge in [0, 0.05) is 13.1 Å². The number of nitrogens with zero attached hydrogens (tertiary/aromatic N) is 2. The second-order valence-electron chi connectivity index (χ2n) is 5.04. The lowest BCUT2D eigenvalue weighted by molar-refractivity contribution is -0.153. The molecule has 112 valence electrons. The maximum Gasteiger partial charge on any atom is 0.334 e. The fourth-order valence-electron chi connectivity index (χ4n) is 2.66. The lowest BCUT2D eigenvalue weighted by Crippen LogP contribution is -2.41. The zero-order valence-corrected chi connectivity index (χ0v) is 11.8. The third-order valence-electron chi connectivity index (χ3n) is 3.87. The summed E-state index contributed by atoms with van der Waals surface area (Å²) in [7, 11) is 1.24. The molecule has 6 heteroatoms. The summed E-state index contributed by atoms with van der Waals surface area (Å²) in [5.74, 6) is -1.34. The topological polar surface area (TPSA) is 73.6 Å². The van der Waals surface area contributed by atoms with E-state index in [1.165, 1.54) is 13.2 Å². The Kier molecular flexibility index (Phi) is 4.76. The summed E-state index contributed by atoms with van der Waals surface area (Å²) < 4.78 is 18.1. The van der Waals surface area contributed by atoms with E-state index in [2.05, 4.69) is 4.74 Å². The lowest BCUT2D eigenvalue weighted by atomic mass is 9.90. The molecule has 0 bridgehead atoms. The van der Waals surface area contributed by atoms with Crippen molar-refractivity contribution in [3.63, 3.8) is 0 Å². The number of aliphatic hydroxyl groups is 1. The Bertz CT molecular complexity index is 563. The zero-order valence-electron chi connectivity index (χ0n) is 11.8. The van der Waals surface area contributed by atoms with Crippen LogP contribution in [-0.2, 0) is 9.53 Å². The number of rotatable bonds is 3. The standard InChI is InChI=1S/C15H17FN2O3/c1-21-15(20)14(19)10-5-7-18(8-6-10)13-4-2-3-12(16)11(13)9-17/h2-4,10,14,19H,5-8H2,1H3/t14-/m1/s1. The molecule has 0 unspecified atom stereocenters. The van der Waals surface area contributed by atoms with Crippen molar-refractivity contribution < 1.29 is 19.0 Å². The average molecular weight is 292 g/mol. The molecule has 0 spiro atoms. The Morgan fingerprint density at radius 2 is 2.19 bits per heavy atom. The first kappa shape index (κ1) is 15.3. The molecule has 0 aromatic heterocycles. The van der Waals surface area contributed by atoms with Crippen molar-refractivity contribution in [2.45, 2.75) is 18.9 Å². The van der Waals surface area contributed by atoms with Gasteiger partial charge in [-0.15, -0.1) is 0 Å². The molecule has 2 rings (SSSR count). The number of methoxy groups -OCH3 is 1. The first-order valence-electron chi connectivity index (χ1n) is 6.78. The third-order valence-corrected chi connectivity index (χ3v) is 3.87. The molecule has 1 aliphatic heterocycles. The Morgan fingerprint density at radius 3 is 2.76 bits per heavy atom. The van der Waals surface area contributed by atoms with Crippen molar-refractivity contribution in [3.05, 3.63) is 29.6 Å². The van der Waals surface area contributed by atoms with Crippen molar-refractivity contribution >= 4 is 11.7 Å². The van der Waals surface area contributed by atoms with Crippen LogP contribution in [0.2, 0.25) is 0 Å². The fourth-order valence-corrected chi connectivity index (χ4v) is 2.66. The van der Waals surface area contributed by atoms with Crippen LogP contribution in [-0.4, -0.2) is 37.4 Å². The number of carbonyl (C=O) groups is 1. The first-order valence-corrected chi connectivity index (χ1v) is 6.78. The summed E-state index contributed by atoms with van der Waals surface area (Å²) in [4.78, 5) is 13.2. The summed E-state index contributed by atoms with van der Waals surface area (Å²) in [6.07, 6.45) is 0.0371. The van der Waals surface area contributed by atoms with Crippen molar-refractivity contribution in [1.82, 2.24) is 0 Å². The molecule has 0 amide bonds. The molecule has 1 fully saturated rings. The van der Waals surface area contributed by atoms with Crippen molar-refractivity contribution in [3.8, 4) is 6.07 Å². The molecule has 0 radical (unpaired) electrons. The van der Waals surface area contributed by atoms with Crippen LogP contribution >= 0.6 is 0 Å². The van der Waals surface area contributed by atoms with E-state index in [-0.39, 0.29) is 11.5 Å². The summed E-state index contributed by atoms with van der Waals surface area (Å²) in [5.41, 5.74) is 0.591. The number of piperidine rings is 1. The molecule has 1 aliphatic rings. The highest BCUT2D eigenvalue weighted by molar-refractivity contribution is 5.74. The third kappa shape index (κ3) is 3.14. The highest BCUT2D eigenvalue weighted by Crippen LogP contribution is 2.29. The molecule has 1 atom stereocenters. The second kappa shape index (κ2) is 6.55. The van der Waals surface area contributed by atoms with Gasteiger partial charge in [-0.05, 0) is 30.9 Å². The van der Waals surface area contributed by atoms with E-state index in [1.54, 1.807) is 12.1 Å². The van der Waals surface area contributed by atoms with E-state index in [9.17, 15) is 14.3 Å². The number of nitriles is 1. The highest BCUT2D eigenvalue weighted by Gasteiger charge is 2.31. The number of hydrogen-bond donors (Lipinski definition) is 1. The Balaban J connectivity index is 2.07. The van der Waals surface area contributed by atoms with Gasteiger partial charge in [0.1, 0.15) is 17.4 Å². The molecule has 1 saturated heterocycles. The smallest absolute Gasteiger partial charge is 0.334 e. The summed E-state index contributed by atoms with van der Waals surface area (Å²) in [5, 5.41) is 18.9. The van der Waals surface area contributed by atoms with Gasteiger partial charge in [0.15, 0.2) is 6.10 Å². The van der Waals surface area contributed by atoms with Gasteiger partial charge in [-0.3, -0.25) is 0 Å². The summed E-state index contributed by atoms with van der Waals surface area (Å²) in [6, 6.07) is 6.42. The fraction of sp³-hybridized carbons (Fsp3) is 0.467. The molecule has 0 aliphatic carbocycles. The minimum Gasteiger partial charge on any atom is -0.467 e. The van der Waals surface area contributed by atoms with Gasteiger partial charge in [-0.1, -0.05) is 6.07 Å². The number of hydrogen-bond acceptors (Lipinski definition) is 5. The Labute approximate surface area is 122 Å². The van der Waals surface area contributed by atoms with Crippen molar-refractivity contribution in [2.24, 2.45) is 5.92 Å². The molecule has 1 aromatic rings. The summed E-state index contributed by atoms with van der Waals surface area (Å²) >= 11 is 0. The van der Waals surface area contributed by atoms with Crippen LogP contribution in [0.1, 0.15) is 18.4 Å². The minimum absolute atomic E-state index is 0.0319. The maximum absolute atomic E-state index is 13.6. The molecular weight excluding hydrogens is 275 g/mol. The van der Waals surface area contributed by atoms with Gasteiger partial charge >= 0.3 is 5.97 Å². The first-order chi connectivity index (χ1) is 10.1. The predicted molar refractivity (Wildman–Crippen MR) is 74.1 cm³/mol. The van der Waals surface area contributed by atoms with Crippen LogP contribution in [0.25, 0.3) is 0 Å². The number of aliphatic hydroxyl groups excluding tert-OH is 1. The van der Waals surface area contributed by atoms with Gasteiger partial charge in [0.25, 0.3) is 0 Å². The molecule has 0 saturated carbocycles. The largest absolute Gasteiger partial charge is 0.467 e. The predicted octanol–water partition coefficient (Wildman–Crippen LogP) is 1.45. The van der Waals surface area contributed by atoms with Crippen LogP contribution < -0.4 is 4.90 Å². The minimum atomic E-state index is -1.12. The van der Waals surface area contributed by atoms with E-state index in [0.29, 0.717) is 31.6 Å². The van der Waals surface area contributed by atoms with E-state index >= 15 is 0 Å². The molecular formula is C15H17FN2O3. The quantitative estimate of drug-likeness (QED) is 0.854.